The van der Waals surface area contributed by atoms with Gasteiger partial charge in [0.2, 0.25) is 0 Å². The Kier molecular flexibility index (Phi) is 4.35. The van der Waals surface area contributed by atoms with E-state index in [9.17, 15) is 0 Å². The fraction of sp³-hybridized carbons (Fsp3) is 0.846. The topological polar surface area (TPSA) is 46.2 Å². The molecule has 0 radical (unpaired) electrons. The van der Waals surface area contributed by atoms with E-state index in [1.54, 1.807) is 0 Å². The number of aliphatic hydroxyl groups is 1. The Morgan fingerprint density at radius 1 is 1.40 bits per heavy atom. The number of nitrogens with two attached hydrogens (primary N) is 1. The summed E-state index contributed by atoms with van der Waals surface area (Å²) in [5.41, 5.74) is 6.05. The molecule has 3 atom stereocenters. The number of hydrogen-bond donors (Lipinski definition) is 2. The van der Waals surface area contributed by atoms with Crippen molar-refractivity contribution in [1.82, 2.24) is 0 Å². The van der Waals surface area contributed by atoms with Crippen molar-refractivity contribution in [1.29, 1.82) is 0 Å². The van der Waals surface area contributed by atoms with E-state index in [-0.39, 0.29) is 12.6 Å². The standard InChI is InChI=1S/C13H25NO/c1-13(2,3)12-6-4-5-10(12)7-8-11(14)9-15/h7-8,10-12,15H,4-6,9,14H2,1-3H3/b8-7+. The summed E-state index contributed by atoms with van der Waals surface area (Å²) in [4.78, 5) is 0. The second-order valence-corrected chi connectivity index (χ2v) is 5.80. The lowest BCUT2D eigenvalue weighted by Crippen LogP contribution is -2.25. The number of allylic oxidation sites excluding steroid dienone is 1. The van der Waals surface area contributed by atoms with Crippen molar-refractivity contribution in [3.05, 3.63) is 12.2 Å². The minimum Gasteiger partial charge on any atom is -0.394 e. The molecule has 1 rings (SSSR count). The van der Waals surface area contributed by atoms with Gasteiger partial charge in [-0.1, -0.05) is 39.3 Å². The van der Waals surface area contributed by atoms with Gasteiger partial charge in [-0.05, 0) is 30.1 Å². The van der Waals surface area contributed by atoms with Crippen LogP contribution in [-0.4, -0.2) is 17.8 Å². The Balaban J connectivity index is 2.58. The van der Waals surface area contributed by atoms with E-state index in [4.69, 9.17) is 10.8 Å². The van der Waals surface area contributed by atoms with Gasteiger partial charge >= 0.3 is 0 Å². The summed E-state index contributed by atoms with van der Waals surface area (Å²) in [5.74, 6) is 1.42. The highest BCUT2D eigenvalue weighted by atomic mass is 16.3. The fourth-order valence-corrected chi connectivity index (χ4v) is 2.64. The zero-order chi connectivity index (χ0) is 11.5. The maximum atomic E-state index is 8.86. The van der Waals surface area contributed by atoms with Crippen molar-refractivity contribution in [2.24, 2.45) is 23.0 Å². The summed E-state index contributed by atoms with van der Waals surface area (Å²) in [6.45, 7) is 6.99. The summed E-state index contributed by atoms with van der Waals surface area (Å²) in [6, 6.07) is -0.189. The molecule has 0 aromatic carbocycles. The molecule has 0 bridgehead atoms. The highest BCUT2D eigenvalue weighted by Gasteiger charge is 2.34. The van der Waals surface area contributed by atoms with E-state index >= 15 is 0 Å². The largest absolute Gasteiger partial charge is 0.394 e. The van der Waals surface area contributed by atoms with E-state index in [2.05, 4.69) is 26.8 Å². The predicted octanol–water partition coefficient (Wildman–Crippen LogP) is 2.32. The molecular weight excluding hydrogens is 186 g/mol. The summed E-state index contributed by atoms with van der Waals surface area (Å²) < 4.78 is 0. The van der Waals surface area contributed by atoms with Gasteiger partial charge in [-0.2, -0.15) is 0 Å². The fourth-order valence-electron chi connectivity index (χ4n) is 2.64. The first-order chi connectivity index (χ1) is 6.95. The van der Waals surface area contributed by atoms with Crippen LogP contribution in [0, 0.1) is 17.3 Å². The van der Waals surface area contributed by atoms with E-state index in [1.807, 2.05) is 6.08 Å². The second-order valence-electron chi connectivity index (χ2n) is 5.80. The number of hydrogen-bond acceptors (Lipinski definition) is 2. The summed E-state index contributed by atoms with van der Waals surface area (Å²) >= 11 is 0. The third-order valence-electron chi connectivity index (χ3n) is 3.50. The first-order valence-corrected chi connectivity index (χ1v) is 6.00. The monoisotopic (exact) mass is 211 g/mol. The van der Waals surface area contributed by atoms with Crippen LogP contribution in [0.5, 0.6) is 0 Å². The Labute approximate surface area is 93.6 Å². The predicted molar refractivity (Wildman–Crippen MR) is 64.5 cm³/mol. The number of aliphatic hydroxyl groups excluding tert-OH is 1. The van der Waals surface area contributed by atoms with E-state index in [1.165, 1.54) is 19.3 Å². The van der Waals surface area contributed by atoms with Crippen LogP contribution in [0.15, 0.2) is 12.2 Å². The molecular formula is C13H25NO. The summed E-state index contributed by atoms with van der Waals surface area (Å²) in [6.07, 6.45) is 8.12. The summed E-state index contributed by atoms with van der Waals surface area (Å²) in [5, 5.41) is 8.86. The molecule has 15 heavy (non-hydrogen) atoms. The van der Waals surface area contributed by atoms with Crippen LogP contribution in [-0.2, 0) is 0 Å². The van der Waals surface area contributed by atoms with E-state index in [0.717, 1.165) is 5.92 Å². The van der Waals surface area contributed by atoms with Crippen molar-refractivity contribution in [3.8, 4) is 0 Å². The lowest BCUT2D eigenvalue weighted by molar-refractivity contribution is 0.210. The molecule has 88 valence electrons. The van der Waals surface area contributed by atoms with E-state index in [0.29, 0.717) is 11.3 Å². The Morgan fingerprint density at radius 2 is 2.07 bits per heavy atom. The van der Waals surface area contributed by atoms with Crippen LogP contribution < -0.4 is 5.73 Å². The normalized spacial score (nSPS) is 29.9. The SMILES string of the molecule is CC(C)(C)C1CCCC1/C=C/C(N)CO. The molecule has 3 N–H and O–H groups in total. The van der Waals surface area contributed by atoms with Gasteiger partial charge in [0, 0.05) is 6.04 Å². The minimum absolute atomic E-state index is 0.0450. The summed E-state index contributed by atoms with van der Waals surface area (Å²) in [7, 11) is 0. The van der Waals surface area contributed by atoms with E-state index < -0.39 is 0 Å². The van der Waals surface area contributed by atoms with Gasteiger partial charge in [0.25, 0.3) is 0 Å². The lowest BCUT2D eigenvalue weighted by Gasteiger charge is -2.31. The average molecular weight is 211 g/mol. The Morgan fingerprint density at radius 3 is 2.60 bits per heavy atom. The highest BCUT2D eigenvalue weighted by molar-refractivity contribution is 5.01. The van der Waals surface area contributed by atoms with Crippen molar-refractivity contribution in [2.75, 3.05) is 6.61 Å². The van der Waals surface area contributed by atoms with Crippen LogP contribution in [0.1, 0.15) is 40.0 Å². The van der Waals surface area contributed by atoms with Gasteiger partial charge in [-0.3, -0.25) is 0 Å². The molecule has 1 fully saturated rings. The van der Waals surface area contributed by atoms with Crippen LogP contribution in [0.2, 0.25) is 0 Å². The maximum Gasteiger partial charge on any atom is 0.0618 e. The third-order valence-corrected chi connectivity index (χ3v) is 3.50. The van der Waals surface area contributed by atoms with Crippen molar-refractivity contribution < 1.29 is 5.11 Å². The Bertz CT molecular complexity index is 217. The molecule has 1 aliphatic carbocycles. The number of rotatable bonds is 3. The molecule has 0 aliphatic heterocycles. The third kappa shape index (κ3) is 3.62. The minimum atomic E-state index is -0.189. The van der Waals surface area contributed by atoms with Crippen LogP contribution >= 0.6 is 0 Å². The lowest BCUT2D eigenvalue weighted by atomic mass is 9.74. The molecule has 2 heteroatoms. The maximum absolute atomic E-state index is 8.86. The first-order valence-electron chi connectivity index (χ1n) is 6.00. The molecule has 1 aliphatic rings. The Hall–Kier alpha value is -0.340. The van der Waals surface area contributed by atoms with Crippen LogP contribution in [0.25, 0.3) is 0 Å². The molecule has 0 aromatic heterocycles. The van der Waals surface area contributed by atoms with Gasteiger partial charge < -0.3 is 10.8 Å². The molecule has 1 saturated carbocycles. The van der Waals surface area contributed by atoms with Gasteiger partial charge in [0.1, 0.15) is 0 Å². The average Bonchev–Trinajstić information content (AvgIpc) is 2.61. The first kappa shape index (κ1) is 12.7. The molecule has 3 unspecified atom stereocenters. The second kappa shape index (κ2) is 5.13. The van der Waals surface area contributed by atoms with Gasteiger partial charge in [0.15, 0.2) is 0 Å². The molecule has 2 nitrogen and oxygen atoms in total. The van der Waals surface area contributed by atoms with Crippen molar-refractivity contribution in [3.63, 3.8) is 0 Å². The zero-order valence-electron chi connectivity index (χ0n) is 10.2. The van der Waals surface area contributed by atoms with Crippen LogP contribution in [0.4, 0.5) is 0 Å². The highest BCUT2D eigenvalue weighted by Crippen LogP contribution is 2.43. The van der Waals surface area contributed by atoms with Crippen molar-refractivity contribution in [2.45, 2.75) is 46.1 Å². The van der Waals surface area contributed by atoms with Gasteiger partial charge in [-0.25, -0.2) is 0 Å². The van der Waals surface area contributed by atoms with Crippen molar-refractivity contribution >= 4 is 0 Å². The van der Waals surface area contributed by atoms with Crippen LogP contribution in [0.3, 0.4) is 0 Å². The van der Waals surface area contributed by atoms with Gasteiger partial charge in [-0.15, -0.1) is 0 Å². The quantitative estimate of drug-likeness (QED) is 0.704. The molecule has 0 aromatic rings. The molecule has 0 heterocycles. The molecule has 0 amide bonds. The smallest absolute Gasteiger partial charge is 0.0618 e. The molecule has 0 saturated heterocycles. The zero-order valence-corrected chi connectivity index (χ0v) is 10.2. The van der Waals surface area contributed by atoms with Gasteiger partial charge in [0.05, 0.1) is 6.61 Å². The molecule has 0 spiro atoms.